The van der Waals surface area contributed by atoms with Gasteiger partial charge in [-0.15, -0.1) is 0 Å². The van der Waals surface area contributed by atoms with Crippen LogP contribution in [0.15, 0.2) is 45.9 Å². The number of rotatable bonds is 5. The zero-order valence-corrected chi connectivity index (χ0v) is 16.7. The van der Waals surface area contributed by atoms with E-state index in [9.17, 15) is 13.6 Å². The second-order valence-electron chi connectivity index (χ2n) is 7.50. The molecule has 0 saturated heterocycles. The summed E-state index contributed by atoms with van der Waals surface area (Å²) in [6, 6.07) is 6.25. The normalized spacial score (nSPS) is 14.8. The Hall–Kier alpha value is -2.54. The Labute approximate surface area is 168 Å². The first-order valence-electron chi connectivity index (χ1n) is 10.1. The van der Waals surface area contributed by atoms with Crippen molar-refractivity contribution in [1.29, 1.82) is 0 Å². The molecule has 1 aliphatic rings. The van der Waals surface area contributed by atoms with Gasteiger partial charge in [0.05, 0.1) is 11.7 Å². The van der Waals surface area contributed by atoms with E-state index < -0.39 is 17.4 Å². The summed E-state index contributed by atoms with van der Waals surface area (Å²) in [5, 5.41) is 0. The number of aromatic nitrogens is 2. The molecule has 2 aromatic heterocycles. The van der Waals surface area contributed by atoms with Gasteiger partial charge in [-0.2, -0.15) is 0 Å². The van der Waals surface area contributed by atoms with E-state index >= 15 is 0 Å². The lowest BCUT2D eigenvalue weighted by atomic mass is 9.94. The number of halogens is 2. The molecule has 0 unspecified atom stereocenters. The van der Waals surface area contributed by atoms with E-state index in [2.05, 4.69) is 21.9 Å². The number of aromatic amines is 1. The molecule has 0 spiro atoms. The van der Waals surface area contributed by atoms with E-state index in [1.54, 1.807) is 18.3 Å². The number of benzene rings is 1. The summed E-state index contributed by atoms with van der Waals surface area (Å²) >= 11 is 0. The number of aryl methyl sites for hydroxylation is 1. The predicted molar refractivity (Wildman–Crippen MR) is 109 cm³/mol. The number of H-pyrrole nitrogens is 1. The van der Waals surface area contributed by atoms with E-state index in [-0.39, 0.29) is 0 Å². The fraction of sp³-hybridized carbons (Fsp3) is 0.455. The van der Waals surface area contributed by atoms with Gasteiger partial charge in [-0.25, -0.2) is 13.6 Å². The average molecular weight is 403 g/mol. The Morgan fingerprint density at radius 3 is 2.72 bits per heavy atom. The molecule has 1 saturated carbocycles. The number of fused-ring (bicyclic) bond motifs is 1. The zero-order valence-electron chi connectivity index (χ0n) is 16.7. The minimum absolute atomic E-state index is 0.416. The molecule has 4 rings (SSSR count). The number of oxazole rings is 1. The SMILES string of the molecule is CN(CCCc1ccc(F)cc1F)C1CCCCC1.O=c1[nH]c2ccncc2o1. The van der Waals surface area contributed by atoms with Crippen molar-refractivity contribution in [2.45, 2.75) is 51.0 Å². The quantitative estimate of drug-likeness (QED) is 0.672. The van der Waals surface area contributed by atoms with E-state index in [1.807, 2.05) is 0 Å². The molecule has 3 aromatic rings. The lowest BCUT2D eigenvalue weighted by Crippen LogP contribution is -2.34. The van der Waals surface area contributed by atoms with Crippen molar-refractivity contribution < 1.29 is 13.2 Å². The lowest BCUT2D eigenvalue weighted by Gasteiger charge is -2.31. The second kappa shape index (κ2) is 10.3. The highest BCUT2D eigenvalue weighted by Crippen LogP contribution is 2.22. The van der Waals surface area contributed by atoms with Crippen LogP contribution >= 0.6 is 0 Å². The number of hydrogen-bond donors (Lipinski definition) is 1. The zero-order chi connectivity index (χ0) is 20.6. The molecule has 0 aliphatic heterocycles. The predicted octanol–water partition coefficient (Wildman–Crippen LogP) is 4.68. The fourth-order valence-corrected chi connectivity index (χ4v) is 3.75. The first kappa shape index (κ1) is 21.2. The van der Waals surface area contributed by atoms with Crippen LogP contribution in [0.1, 0.15) is 44.1 Å². The minimum Gasteiger partial charge on any atom is -0.406 e. The minimum atomic E-state index is -0.499. The van der Waals surface area contributed by atoms with E-state index in [1.165, 1.54) is 44.4 Å². The summed E-state index contributed by atoms with van der Waals surface area (Å²) < 4.78 is 31.0. The van der Waals surface area contributed by atoms with Crippen molar-refractivity contribution in [3.8, 4) is 0 Å². The molecular weight excluding hydrogens is 376 g/mol. The summed E-state index contributed by atoms with van der Waals surface area (Å²) in [6.07, 6.45) is 11.3. The van der Waals surface area contributed by atoms with Gasteiger partial charge in [-0.1, -0.05) is 25.3 Å². The molecule has 29 heavy (non-hydrogen) atoms. The number of hydrogen-bond acceptors (Lipinski definition) is 4. The van der Waals surface area contributed by atoms with Gasteiger partial charge in [0.25, 0.3) is 0 Å². The molecule has 1 fully saturated rings. The van der Waals surface area contributed by atoms with Crippen LogP contribution in [0.2, 0.25) is 0 Å². The maximum atomic E-state index is 13.5. The van der Waals surface area contributed by atoms with Gasteiger partial charge in [0.2, 0.25) is 0 Å². The highest BCUT2D eigenvalue weighted by Gasteiger charge is 2.17. The van der Waals surface area contributed by atoms with Crippen molar-refractivity contribution in [1.82, 2.24) is 14.9 Å². The third kappa shape index (κ3) is 6.22. The van der Waals surface area contributed by atoms with Crippen LogP contribution in [-0.4, -0.2) is 34.5 Å². The van der Waals surface area contributed by atoms with Gasteiger partial charge in [0.1, 0.15) is 11.6 Å². The highest BCUT2D eigenvalue weighted by molar-refractivity contribution is 5.69. The molecule has 0 radical (unpaired) electrons. The topological polar surface area (TPSA) is 62.1 Å². The van der Waals surface area contributed by atoms with Gasteiger partial charge >= 0.3 is 5.76 Å². The molecule has 0 bridgehead atoms. The van der Waals surface area contributed by atoms with Crippen molar-refractivity contribution in [3.63, 3.8) is 0 Å². The number of pyridine rings is 1. The number of nitrogens with one attached hydrogen (secondary N) is 1. The van der Waals surface area contributed by atoms with Gasteiger partial charge in [0.15, 0.2) is 5.58 Å². The van der Waals surface area contributed by atoms with Crippen LogP contribution in [0.4, 0.5) is 8.78 Å². The van der Waals surface area contributed by atoms with Crippen LogP contribution in [0.25, 0.3) is 11.1 Å². The molecular formula is C22H27F2N3O2. The molecule has 156 valence electrons. The monoisotopic (exact) mass is 403 g/mol. The fourth-order valence-electron chi connectivity index (χ4n) is 3.75. The third-order valence-electron chi connectivity index (χ3n) is 5.39. The Balaban J connectivity index is 0.000000200. The van der Waals surface area contributed by atoms with Gasteiger partial charge in [0, 0.05) is 18.3 Å². The van der Waals surface area contributed by atoms with Crippen molar-refractivity contribution >= 4 is 11.1 Å². The lowest BCUT2D eigenvalue weighted by molar-refractivity contribution is 0.190. The Bertz CT molecular complexity index is 928. The highest BCUT2D eigenvalue weighted by atomic mass is 19.1. The Morgan fingerprint density at radius 2 is 2.00 bits per heavy atom. The van der Waals surface area contributed by atoms with E-state index in [0.717, 1.165) is 19.0 Å². The van der Waals surface area contributed by atoms with Crippen LogP contribution in [0.3, 0.4) is 0 Å². The van der Waals surface area contributed by atoms with Crippen LogP contribution < -0.4 is 5.76 Å². The first-order chi connectivity index (χ1) is 14.0. The third-order valence-corrected chi connectivity index (χ3v) is 5.39. The molecule has 0 atom stereocenters. The van der Waals surface area contributed by atoms with Crippen LogP contribution in [0, 0.1) is 11.6 Å². The van der Waals surface area contributed by atoms with Crippen LogP contribution in [0.5, 0.6) is 0 Å². The van der Waals surface area contributed by atoms with E-state index in [0.29, 0.717) is 29.1 Å². The summed E-state index contributed by atoms with van der Waals surface area (Å²) in [5.41, 5.74) is 1.80. The molecule has 2 heterocycles. The first-order valence-corrected chi connectivity index (χ1v) is 10.1. The molecule has 1 N–H and O–H groups in total. The van der Waals surface area contributed by atoms with Crippen molar-refractivity contribution in [3.05, 3.63) is 64.4 Å². The average Bonchev–Trinajstić information content (AvgIpc) is 3.11. The maximum absolute atomic E-state index is 13.5. The summed E-state index contributed by atoms with van der Waals surface area (Å²) in [6.45, 7) is 0.988. The summed E-state index contributed by atoms with van der Waals surface area (Å²) in [4.78, 5) is 19.2. The molecule has 1 aliphatic carbocycles. The maximum Gasteiger partial charge on any atom is 0.417 e. The second-order valence-corrected chi connectivity index (χ2v) is 7.50. The van der Waals surface area contributed by atoms with Crippen LogP contribution in [-0.2, 0) is 6.42 Å². The molecule has 0 amide bonds. The molecule has 1 aromatic carbocycles. The Kier molecular flexibility index (Phi) is 7.52. The molecule has 5 nitrogen and oxygen atoms in total. The smallest absolute Gasteiger partial charge is 0.406 e. The number of nitrogens with zero attached hydrogens (tertiary/aromatic N) is 2. The summed E-state index contributed by atoms with van der Waals surface area (Å²) in [7, 11) is 2.16. The van der Waals surface area contributed by atoms with Crippen molar-refractivity contribution in [2.24, 2.45) is 0 Å². The summed E-state index contributed by atoms with van der Waals surface area (Å²) in [5.74, 6) is -1.36. The molecule has 7 heteroatoms. The van der Waals surface area contributed by atoms with Crippen molar-refractivity contribution in [2.75, 3.05) is 13.6 Å². The van der Waals surface area contributed by atoms with E-state index in [4.69, 9.17) is 4.42 Å². The van der Waals surface area contributed by atoms with Gasteiger partial charge in [-0.05, 0) is 57.0 Å². The Morgan fingerprint density at radius 1 is 1.21 bits per heavy atom. The largest absolute Gasteiger partial charge is 0.417 e. The van der Waals surface area contributed by atoms with Gasteiger partial charge < -0.3 is 9.32 Å². The standard InChI is InChI=1S/C16H23F2N.C6H4N2O2/c1-19(15-7-3-2-4-8-15)11-5-6-13-9-10-14(17)12-16(13)18;9-6-8-4-1-2-7-3-5(4)10-6/h9-10,12,15H,2-8,11H2,1H3;1-3H,(H,8,9). The van der Waals surface area contributed by atoms with Gasteiger partial charge in [-0.3, -0.25) is 9.97 Å².